The lowest BCUT2D eigenvalue weighted by Gasteiger charge is -2.23. The number of amides is 1. The molecule has 2 bridgehead atoms. The first-order valence-electron chi connectivity index (χ1n) is 5.78. The van der Waals surface area contributed by atoms with Crippen molar-refractivity contribution in [1.29, 1.82) is 0 Å². The topological polar surface area (TPSA) is 55.6 Å². The number of hydrogen-bond acceptors (Lipinski definition) is 3. The number of fused-ring (bicyclic) bond motifs is 2. The zero-order chi connectivity index (χ0) is 10.8. The van der Waals surface area contributed by atoms with E-state index >= 15 is 0 Å². The minimum absolute atomic E-state index is 0.250. The number of nitrogens with two attached hydrogens (primary N) is 1. The van der Waals surface area contributed by atoms with Gasteiger partial charge < -0.3 is 15.4 Å². The lowest BCUT2D eigenvalue weighted by atomic mass is 9.89. The van der Waals surface area contributed by atoms with Crippen LogP contribution in [0.1, 0.15) is 25.7 Å². The molecule has 1 amide bonds. The van der Waals surface area contributed by atoms with Gasteiger partial charge in [0.15, 0.2) is 0 Å². The van der Waals surface area contributed by atoms with Crippen LogP contribution in [-0.4, -0.2) is 43.2 Å². The van der Waals surface area contributed by atoms with Crippen molar-refractivity contribution in [3.63, 3.8) is 0 Å². The minimum atomic E-state index is 0.250. The predicted octanol–water partition coefficient (Wildman–Crippen LogP) is 0.361. The molecule has 0 aromatic heterocycles. The molecule has 2 saturated heterocycles. The van der Waals surface area contributed by atoms with E-state index < -0.39 is 0 Å². The maximum absolute atomic E-state index is 11.9. The van der Waals surface area contributed by atoms with E-state index in [0.29, 0.717) is 31.0 Å². The molecule has 2 N–H and O–H groups in total. The summed E-state index contributed by atoms with van der Waals surface area (Å²) in [4.78, 5) is 14.0. The third-order valence-corrected chi connectivity index (χ3v) is 3.78. The molecule has 2 fully saturated rings. The minimum Gasteiger partial charge on any atom is -0.384 e. The summed E-state index contributed by atoms with van der Waals surface area (Å²) in [5.74, 6) is 0.788. The number of rotatable bonds is 4. The summed E-state index contributed by atoms with van der Waals surface area (Å²) in [5, 5.41) is 0. The quantitative estimate of drug-likeness (QED) is 0.732. The third-order valence-electron chi connectivity index (χ3n) is 3.78. The Labute approximate surface area is 90.8 Å². The fourth-order valence-corrected chi connectivity index (χ4v) is 3.07. The smallest absolute Gasteiger partial charge is 0.225 e. The number of methoxy groups -OCH3 is 1. The SMILES string of the molecule is COCCC(=O)N1C2CCC1C(CN)C2. The maximum atomic E-state index is 11.9. The van der Waals surface area contributed by atoms with Crippen LogP contribution in [0, 0.1) is 5.92 Å². The molecular formula is C11H20N2O2. The number of carbonyl (C=O) groups excluding carboxylic acids is 1. The van der Waals surface area contributed by atoms with Crippen LogP contribution in [0.2, 0.25) is 0 Å². The van der Waals surface area contributed by atoms with Gasteiger partial charge in [-0.2, -0.15) is 0 Å². The summed E-state index contributed by atoms with van der Waals surface area (Å²) in [7, 11) is 1.63. The van der Waals surface area contributed by atoms with Crippen LogP contribution in [0.4, 0.5) is 0 Å². The summed E-state index contributed by atoms with van der Waals surface area (Å²) in [5.41, 5.74) is 5.72. The summed E-state index contributed by atoms with van der Waals surface area (Å²) in [6.45, 7) is 1.25. The maximum Gasteiger partial charge on any atom is 0.225 e. The lowest BCUT2D eigenvalue weighted by molar-refractivity contribution is -0.133. The van der Waals surface area contributed by atoms with Gasteiger partial charge in [0, 0.05) is 19.2 Å². The van der Waals surface area contributed by atoms with Crippen molar-refractivity contribution in [2.45, 2.75) is 37.8 Å². The Kier molecular flexibility index (Phi) is 3.26. The van der Waals surface area contributed by atoms with Crippen LogP contribution in [0.5, 0.6) is 0 Å². The molecule has 0 aliphatic carbocycles. The molecule has 86 valence electrons. The van der Waals surface area contributed by atoms with Gasteiger partial charge in [-0.1, -0.05) is 0 Å². The average molecular weight is 212 g/mol. The third kappa shape index (κ3) is 1.88. The van der Waals surface area contributed by atoms with Crippen molar-refractivity contribution in [2.75, 3.05) is 20.3 Å². The van der Waals surface area contributed by atoms with E-state index in [1.54, 1.807) is 7.11 Å². The van der Waals surface area contributed by atoms with Crippen molar-refractivity contribution >= 4 is 5.91 Å². The van der Waals surface area contributed by atoms with E-state index in [2.05, 4.69) is 4.90 Å². The highest BCUT2D eigenvalue weighted by molar-refractivity contribution is 5.77. The Balaban J connectivity index is 1.96. The number of carbonyl (C=O) groups is 1. The molecule has 0 aromatic rings. The molecule has 3 unspecified atom stereocenters. The molecular weight excluding hydrogens is 192 g/mol. The van der Waals surface area contributed by atoms with E-state index in [1.807, 2.05) is 0 Å². The van der Waals surface area contributed by atoms with Crippen LogP contribution < -0.4 is 5.73 Å². The zero-order valence-electron chi connectivity index (χ0n) is 9.32. The van der Waals surface area contributed by atoms with Crippen LogP contribution in [0.3, 0.4) is 0 Å². The highest BCUT2D eigenvalue weighted by Gasteiger charge is 2.47. The van der Waals surface area contributed by atoms with Crippen molar-refractivity contribution in [3.8, 4) is 0 Å². The lowest BCUT2D eigenvalue weighted by Crippen LogP contribution is -2.38. The highest BCUT2D eigenvalue weighted by atomic mass is 16.5. The molecule has 3 atom stereocenters. The van der Waals surface area contributed by atoms with E-state index in [9.17, 15) is 4.79 Å². The second-order valence-electron chi connectivity index (χ2n) is 4.57. The van der Waals surface area contributed by atoms with Gasteiger partial charge in [0.2, 0.25) is 5.91 Å². The van der Waals surface area contributed by atoms with Crippen molar-refractivity contribution in [3.05, 3.63) is 0 Å². The Morgan fingerprint density at radius 2 is 2.33 bits per heavy atom. The van der Waals surface area contributed by atoms with Gasteiger partial charge in [0.1, 0.15) is 0 Å². The molecule has 0 saturated carbocycles. The molecule has 2 aliphatic heterocycles. The Hall–Kier alpha value is -0.610. The van der Waals surface area contributed by atoms with Gasteiger partial charge in [-0.25, -0.2) is 0 Å². The summed E-state index contributed by atoms with van der Waals surface area (Å²) < 4.78 is 4.94. The Morgan fingerprint density at radius 3 is 2.93 bits per heavy atom. The average Bonchev–Trinajstić information content (AvgIpc) is 2.82. The molecule has 4 nitrogen and oxygen atoms in total. The van der Waals surface area contributed by atoms with E-state index in [-0.39, 0.29) is 5.91 Å². The molecule has 0 spiro atoms. The molecule has 15 heavy (non-hydrogen) atoms. The van der Waals surface area contributed by atoms with Gasteiger partial charge in [0.05, 0.1) is 13.0 Å². The van der Waals surface area contributed by atoms with Gasteiger partial charge in [0.25, 0.3) is 0 Å². The van der Waals surface area contributed by atoms with E-state index in [4.69, 9.17) is 10.5 Å². The summed E-state index contributed by atoms with van der Waals surface area (Å²) in [6, 6.07) is 0.886. The first-order chi connectivity index (χ1) is 7.27. The zero-order valence-corrected chi connectivity index (χ0v) is 9.32. The van der Waals surface area contributed by atoms with Crippen LogP contribution in [0.25, 0.3) is 0 Å². The van der Waals surface area contributed by atoms with E-state index in [1.165, 1.54) is 6.42 Å². The molecule has 2 aliphatic rings. The van der Waals surface area contributed by atoms with E-state index in [0.717, 1.165) is 19.4 Å². The van der Waals surface area contributed by atoms with Crippen LogP contribution in [-0.2, 0) is 9.53 Å². The van der Waals surface area contributed by atoms with Gasteiger partial charge in [-0.15, -0.1) is 0 Å². The summed E-state index contributed by atoms with van der Waals surface area (Å²) >= 11 is 0. The van der Waals surface area contributed by atoms with Crippen LogP contribution >= 0.6 is 0 Å². The molecule has 0 aromatic carbocycles. The van der Waals surface area contributed by atoms with Gasteiger partial charge in [-0.05, 0) is 31.7 Å². The molecule has 4 heteroatoms. The second-order valence-corrected chi connectivity index (χ2v) is 4.57. The van der Waals surface area contributed by atoms with Crippen LogP contribution in [0.15, 0.2) is 0 Å². The van der Waals surface area contributed by atoms with Gasteiger partial charge in [-0.3, -0.25) is 4.79 Å². The Morgan fingerprint density at radius 1 is 1.53 bits per heavy atom. The van der Waals surface area contributed by atoms with Crippen molar-refractivity contribution < 1.29 is 9.53 Å². The first kappa shape index (κ1) is 10.9. The molecule has 2 rings (SSSR count). The second kappa shape index (κ2) is 4.49. The monoisotopic (exact) mass is 212 g/mol. The molecule has 0 radical (unpaired) electrons. The fourth-order valence-electron chi connectivity index (χ4n) is 3.07. The standard InChI is InChI=1S/C11H20N2O2/c1-15-5-4-11(14)13-9-2-3-10(13)8(6-9)7-12/h8-10H,2-7,12H2,1H3. The van der Waals surface area contributed by atoms with Crippen molar-refractivity contribution in [2.24, 2.45) is 11.7 Å². The first-order valence-corrected chi connectivity index (χ1v) is 5.78. The van der Waals surface area contributed by atoms with Gasteiger partial charge >= 0.3 is 0 Å². The largest absolute Gasteiger partial charge is 0.384 e. The normalized spacial score (nSPS) is 33.7. The fraction of sp³-hybridized carbons (Fsp3) is 0.909. The number of hydrogen-bond donors (Lipinski definition) is 1. The summed E-state index contributed by atoms with van der Waals surface area (Å²) in [6.07, 6.45) is 3.94. The number of ether oxygens (including phenoxy) is 1. The predicted molar refractivity (Wildman–Crippen MR) is 57.3 cm³/mol. The Bertz CT molecular complexity index is 245. The highest BCUT2D eigenvalue weighted by Crippen LogP contribution is 2.41. The number of nitrogens with zero attached hydrogens (tertiary/aromatic N) is 1. The van der Waals surface area contributed by atoms with Crippen molar-refractivity contribution in [1.82, 2.24) is 4.90 Å². The molecule has 2 heterocycles.